The maximum atomic E-state index is 12.6. The van der Waals surface area contributed by atoms with Crippen LogP contribution in [0.15, 0.2) is 0 Å². The van der Waals surface area contributed by atoms with E-state index in [0.717, 1.165) is 0 Å². The fourth-order valence-electron chi connectivity index (χ4n) is 3.28. The molecule has 1 amide bonds. The number of ether oxygens (including phenoxy) is 4. The van der Waals surface area contributed by atoms with Gasteiger partial charge in [-0.15, -0.1) is 0 Å². The molecule has 2 unspecified atom stereocenters. The zero-order valence-corrected chi connectivity index (χ0v) is 16.1. The molecule has 9 nitrogen and oxygen atoms in total. The van der Waals surface area contributed by atoms with Crippen LogP contribution in [0.4, 0.5) is 4.79 Å². The highest BCUT2D eigenvalue weighted by Crippen LogP contribution is 2.39. The van der Waals surface area contributed by atoms with E-state index >= 15 is 0 Å². The molecule has 150 valence electrons. The average molecular weight is 375 g/mol. The molecular weight excluding hydrogens is 346 g/mol. The highest BCUT2D eigenvalue weighted by atomic mass is 16.8. The van der Waals surface area contributed by atoms with Crippen LogP contribution < -0.4 is 0 Å². The van der Waals surface area contributed by atoms with Crippen molar-refractivity contribution in [2.45, 2.75) is 82.9 Å². The summed E-state index contributed by atoms with van der Waals surface area (Å²) in [5.41, 5.74) is -0.726. The van der Waals surface area contributed by atoms with Crippen molar-refractivity contribution in [3.8, 4) is 0 Å². The molecule has 0 aromatic rings. The minimum atomic E-state index is -1.44. The quantitative estimate of drug-likeness (QED) is 0.679. The van der Waals surface area contributed by atoms with E-state index in [1.165, 1.54) is 12.0 Å². The predicted octanol–water partition coefficient (Wildman–Crippen LogP) is 0.411. The molecule has 0 aromatic carbocycles. The van der Waals surface area contributed by atoms with Crippen molar-refractivity contribution in [2.24, 2.45) is 0 Å². The van der Waals surface area contributed by atoms with E-state index in [2.05, 4.69) is 4.74 Å². The average Bonchev–Trinajstić information content (AvgIpc) is 2.96. The van der Waals surface area contributed by atoms with Gasteiger partial charge in [0.05, 0.1) is 32.2 Å². The van der Waals surface area contributed by atoms with Gasteiger partial charge in [-0.25, -0.2) is 4.79 Å². The maximum Gasteiger partial charge on any atom is 0.410 e. The fourth-order valence-corrected chi connectivity index (χ4v) is 3.28. The first-order valence-corrected chi connectivity index (χ1v) is 8.63. The van der Waals surface area contributed by atoms with E-state index in [9.17, 15) is 19.8 Å². The highest BCUT2D eigenvalue weighted by Gasteiger charge is 2.57. The largest absolute Gasteiger partial charge is 0.469 e. The van der Waals surface area contributed by atoms with E-state index in [4.69, 9.17) is 14.2 Å². The number of hydrogen-bond acceptors (Lipinski definition) is 8. The van der Waals surface area contributed by atoms with Gasteiger partial charge < -0.3 is 29.2 Å². The summed E-state index contributed by atoms with van der Waals surface area (Å²) in [6.45, 7) is 8.81. The number of carbonyl (C=O) groups is 2. The molecule has 5 atom stereocenters. The zero-order valence-electron chi connectivity index (χ0n) is 16.1. The van der Waals surface area contributed by atoms with E-state index in [1.54, 1.807) is 34.6 Å². The maximum absolute atomic E-state index is 12.6. The number of amides is 1. The van der Waals surface area contributed by atoms with E-state index < -0.39 is 60.3 Å². The number of aliphatic hydroxyl groups is 2. The number of nitrogens with zero attached hydrogens (tertiary/aromatic N) is 1. The van der Waals surface area contributed by atoms with E-state index in [1.807, 2.05) is 0 Å². The summed E-state index contributed by atoms with van der Waals surface area (Å²) in [5.74, 6) is -1.54. The molecule has 0 radical (unpaired) electrons. The monoisotopic (exact) mass is 375 g/mol. The number of esters is 1. The normalized spacial score (nSPS) is 29.8. The second-order valence-electron chi connectivity index (χ2n) is 8.10. The summed E-state index contributed by atoms with van der Waals surface area (Å²) in [5, 5.41) is 20.9. The molecule has 26 heavy (non-hydrogen) atoms. The fraction of sp³-hybridized carbons (Fsp3) is 0.882. The second-order valence-corrected chi connectivity index (χ2v) is 8.10. The van der Waals surface area contributed by atoms with Crippen molar-refractivity contribution >= 4 is 12.1 Å². The first kappa shape index (κ1) is 20.9. The van der Waals surface area contributed by atoms with Gasteiger partial charge in [-0.1, -0.05) is 0 Å². The Morgan fingerprint density at radius 2 is 1.88 bits per heavy atom. The topological polar surface area (TPSA) is 115 Å². The van der Waals surface area contributed by atoms with Crippen LogP contribution in [0.3, 0.4) is 0 Å². The van der Waals surface area contributed by atoms with Crippen LogP contribution >= 0.6 is 0 Å². The van der Waals surface area contributed by atoms with Crippen molar-refractivity contribution < 1.29 is 38.7 Å². The van der Waals surface area contributed by atoms with Crippen LogP contribution in [0, 0.1) is 0 Å². The third-order valence-electron chi connectivity index (χ3n) is 4.27. The van der Waals surface area contributed by atoms with Gasteiger partial charge in [0, 0.05) is 0 Å². The molecule has 0 spiro atoms. The van der Waals surface area contributed by atoms with Crippen molar-refractivity contribution in [1.82, 2.24) is 4.90 Å². The van der Waals surface area contributed by atoms with Crippen molar-refractivity contribution in [2.75, 3.05) is 13.7 Å². The summed E-state index contributed by atoms with van der Waals surface area (Å²) in [7, 11) is 1.19. The molecule has 2 heterocycles. The summed E-state index contributed by atoms with van der Waals surface area (Å²) in [6, 6.07) is -0.920. The molecular formula is C17H29NO8. The smallest absolute Gasteiger partial charge is 0.410 e. The SMILES string of the molecule is COC(=O)CC(O)C(O)[C@@H]1[C@@H]2OC(C)(C)O[C@@H]2CN1C(=O)OC(C)(C)C. The molecule has 0 aromatic heterocycles. The second kappa shape index (κ2) is 7.30. The number of likely N-dealkylation sites (tertiary alicyclic amines) is 1. The summed E-state index contributed by atoms with van der Waals surface area (Å²) >= 11 is 0. The Bertz CT molecular complexity index is 543. The number of aliphatic hydroxyl groups excluding tert-OH is 2. The molecule has 0 aliphatic carbocycles. The molecule has 0 bridgehead atoms. The van der Waals surface area contributed by atoms with Crippen LogP contribution in [-0.2, 0) is 23.7 Å². The highest BCUT2D eigenvalue weighted by molar-refractivity contribution is 5.70. The van der Waals surface area contributed by atoms with Gasteiger partial charge in [-0.2, -0.15) is 0 Å². The van der Waals surface area contributed by atoms with Crippen LogP contribution in [0.1, 0.15) is 41.0 Å². The summed E-state index contributed by atoms with van der Waals surface area (Å²) in [6.07, 6.45) is -5.04. The third kappa shape index (κ3) is 4.64. The minimum Gasteiger partial charge on any atom is -0.469 e. The number of carbonyl (C=O) groups excluding carboxylic acids is 2. The molecule has 9 heteroatoms. The Labute approximate surface area is 153 Å². The van der Waals surface area contributed by atoms with Gasteiger partial charge in [0.15, 0.2) is 5.79 Å². The lowest BCUT2D eigenvalue weighted by Gasteiger charge is -2.35. The van der Waals surface area contributed by atoms with Crippen LogP contribution in [0.25, 0.3) is 0 Å². The summed E-state index contributed by atoms with van der Waals surface area (Å²) < 4.78 is 21.5. The number of rotatable bonds is 4. The van der Waals surface area contributed by atoms with Gasteiger partial charge in [-0.3, -0.25) is 9.69 Å². The first-order valence-electron chi connectivity index (χ1n) is 8.63. The zero-order chi connectivity index (χ0) is 19.9. The standard InChI is InChI=1S/C17H29NO8/c1-16(2,3)26-15(22)18-8-10-14(25-17(4,5)24-10)12(18)13(21)9(19)7-11(20)23-6/h9-10,12-14,19,21H,7-8H2,1-6H3/t9?,10-,12-,13?,14-/m1/s1. The molecule has 2 N–H and O–H groups in total. The Morgan fingerprint density at radius 3 is 2.42 bits per heavy atom. The number of methoxy groups -OCH3 is 1. The lowest BCUT2D eigenvalue weighted by Crippen LogP contribution is -2.54. The van der Waals surface area contributed by atoms with Gasteiger partial charge in [0.1, 0.15) is 23.9 Å². The van der Waals surface area contributed by atoms with Crippen LogP contribution in [0.2, 0.25) is 0 Å². The number of fused-ring (bicyclic) bond motifs is 1. The van der Waals surface area contributed by atoms with E-state index in [0.29, 0.717) is 0 Å². The first-order chi connectivity index (χ1) is 11.8. The molecule has 2 rings (SSSR count). The molecule has 2 saturated heterocycles. The Hall–Kier alpha value is -1.42. The summed E-state index contributed by atoms with van der Waals surface area (Å²) in [4.78, 5) is 25.3. The molecule has 2 aliphatic rings. The molecule has 2 fully saturated rings. The van der Waals surface area contributed by atoms with Gasteiger partial charge in [-0.05, 0) is 34.6 Å². The van der Waals surface area contributed by atoms with Crippen LogP contribution in [-0.4, -0.2) is 82.7 Å². The van der Waals surface area contributed by atoms with Crippen molar-refractivity contribution in [3.63, 3.8) is 0 Å². The molecule has 2 aliphatic heterocycles. The minimum absolute atomic E-state index is 0.148. The lowest BCUT2D eigenvalue weighted by atomic mass is 9.98. The van der Waals surface area contributed by atoms with Gasteiger partial charge in [0.2, 0.25) is 0 Å². The van der Waals surface area contributed by atoms with Gasteiger partial charge in [0.25, 0.3) is 0 Å². The van der Waals surface area contributed by atoms with Crippen molar-refractivity contribution in [3.05, 3.63) is 0 Å². The lowest BCUT2D eigenvalue weighted by molar-refractivity contribution is -0.171. The number of hydrogen-bond donors (Lipinski definition) is 2. The third-order valence-corrected chi connectivity index (χ3v) is 4.27. The Kier molecular flexibility index (Phi) is 5.86. The van der Waals surface area contributed by atoms with Gasteiger partial charge >= 0.3 is 12.1 Å². The van der Waals surface area contributed by atoms with Crippen molar-refractivity contribution in [1.29, 1.82) is 0 Å². The Balaban J connectivity index is 2.22. The Morgan fingerprint density at radius 1 is 1.27 bits per heavy atom. The van der Waals surface area contributed by atoms with Crippen LogP contribution in [0.5, 0.6) is 0 Å². The molecule has 0 saturated carbocycles. The predicted molar refractivity (Wildman–Crippen MR) is 89.2 cm³/mol. The van der Waals surface area contributed by atoms with E-state index in [-0.39, 0.29) is 6.54 Å².